The number of hydrogen-bond acceptors (Lipinski definition) is 28. The van der Waals surface area contributed by atoms with Gasteiger partial charge in [-0.25, -0.2) is 4.79 Å². The summed E-state index contributed by atoms with van der Waals surface area (Å²) in [7, 11) is 1.48. The maximum Gasteiger partial charge on any atom is 0.330 e. The van der Waals surface area contributed by atoms with E-state index in [1.807, 2.05) is 26.0 Å². The Balaban J connectivity index is 1.02. The number of amides is 7. The number of carbonyl (C=O) groups is 8. The van der Waals surface area contributed by atoms with Crippen LogP contribution in [-0.4, -0.2) is 215 Å². The second-order valence-corrected chi connectivity index (χ2v) is 34.4. The SMILES string of the molecule is CN[C@H](CC(C)C)C(=O)N[C@H]1C(=O)N[C@@H](CC(N)=O)C(=O)N[C@H]2C(=O)N[C@H]3C(=O)N[C@H](C(=O)N[C@H](C(=O)O)c4cc(O)cc(O)c4-c4cc3ccc4O)[C@H](O[C@H]3C[C@](C)(N)[C@@H](O)[C@H](C)O3)c3ccc(c(Cl)c3)Oc3cc2cc(c3O[C@@H]2O[C@H](CO)[C@@H](O)[C@H](O)[C@H]2O[C@H]2C[C@](C)(NCc3ccc(C4CCCCC4)cc3)[C@@H](O)[C@H](C)O2)Oc2ccc(cc2Cl)[C@H]1O. The summed E-state index contributed by atoms with van der Waals surface area (Å²) in [6.07, 6.45) is -17.0. The number of fused-ring (bicyclic) bond motifs is 15. The van der Waals surface area contributed by atoms with Gasteiger partial charge in [-0.3, -0.25) is 33.6 Å². The third-order valence-electron chi connectivity index (χ3n) is 23.9. The lowest BCUT2D eigenvalue weighted by atomic mass is 9.83. The number of aliphatic carboxylic acids is 1. The predicted octanol–water partition coefficient (Wildman–Crippen LogP) is 4.22. The molecule has 124 heavy (non-hydrogen) atoms. The number of hydrogen-bond donors (Lipinski definition) is 20. The van der Waals surface area contributed by atoms with Crippen molar-refractivity contribution in [3.8, 4) is 57.1 Å². The van der Waals surface area contributed by atoms with Crippen molar-refractivity contribution in [1.82, 2.24) is 42.5 Å². The van der Waals surface area contributed by atoms with Crippen molar-refractivity contribution in [3.05, 3.63) is 152 Å². The van der Waals surface area contributed by atoms with Crippen molar-refractivity contribution in [1.29, 1.82) is 0 Å². The van der Waals surface area contributed by atoms with E-state index >= 15 is 24.0 Å². The van der Waals surface area contributed by atoms with Crippen molar-refractivity contribution in [2.45, 2.75) is 245 Å². The maximum absolute atomic E-state index is 16.6. The van der Waals surface area contributed by atoms with E-state index in [0.29, 0.717) is 5.92 Å². The highest BCUT2D eigenvalue weighted by atomic mass is 35.5. The smallest absolute Gasteiger partial charge is 0.330 e. The monoisotopic (exact) mass is 1760 g/mol. The molecule has 0 radical (unpaired) electrons. The summed E-state index contributed by atoms with van der Waals surface area (Å²) in [6, 6.07) is 8.00. The number of nitrogens with two attached hydrogens (primary N) is 2. The maximum atomic E-state index is 16.6. The third kappa shape index (κ3) is 19.9. The molecule has 22 N–H and O–H groups in total. The molecule has 7 amide bonds. The van der Waals surface area contributed by atoms with Gasteiger partial charge in [0.2, 0.25) is 53.4 Å². The molecule has 8 aliphatic heterocycles. The standard InChI is InChI=1S/C86H104Cl2N10O26/c1-36(2)23-51(91-7)77(109)97-67-69(104)43-18-21-55(49(87)25-43)119-57-27-45-28-58(73(57)124-84-74(71(106)70(105)59(35-99)121-84)123-62-33-86(6,76(108)38(4)118-62)92-34-39-13-15-41(16-14-39)40-11-9-8-10-12-40)120-56-22-19-44(26-50(56)88)72(122-61-32-85(5,90)75(107)37(3)117-61)68-82(114)96-66(83(115)116)48-29-46(100)30-54(102)63(48)47-24-42(17-20-53(47)101)64(79(111)98-68)95-80(112)65(45)94-78(110)52(31-60(89)103)93-81(67)113/h13-22,24-30,36-38,40,51-52,59,61-62,64-72,74-76,84,91-92,99-102,104-108H,8-12,23,31-35,90H2,1-7H3,(H2,89,103)(H,93,113)(H,94,110)(H,95,112)(H,96,114)(H,97,109)(H,98,111)(H,115,116)/t37-,38-,51+,52-,59+,61-,62-,64+,65+,66-,67+,68-,69+,70+,71-,72+,74+,75-,76-,84-,85-,86-/m0/s1. The first-order valence-corrected chi connectivity index (χ1v) is 41.7. The van der Waals surface area contributed by atoms with Crippen LogP contribution in [0, 0.1) is 5.92 Å². The predicted molar refractivity (Wildman–Crippen MR) is 441 cm³/mol. The molecule has 8 heterocycles. The van der Waals surface area contributed by atoms with Gasteiger partial charge in [0.15, 0.2) is 36.2 Å². The molecule has 6 aromatic rings. The van der Waals surface area contributed by atoms with Crippen LogP contribution in [0.15, 0.2) is 103 Å². The number of ether oxygens (including phenoxy) is 8. The lowest BCUT2D eigenvalue weighted by Crippen LogP contribution is -2.65. The summed E-state index contributed by atoms with van der Waals surface area (Å²) in [6.45, 7) is 9.23. The Bertz CT molecular complexity index is 5010. The van der Waals surface area contributed by atoms with Gasteiger partial charge in [-0.15, -0.1) is 0 Å². The Kier molecular flexibility index (Phi) is 28.1. The molecule has 15 rings (SSSR count). The number of primary amides is 1. The Morgan fingerprint density at radius 1 is 0.645 bits per heavy atom. The number of rotatable bonds is 19. The van der Waals surface area contributed by atoms with Gasteiger partial charge in [0.1, 0.15) is 89.5 Å². The first-order valence-electron chi connectivity index (χ1n) is 40.9. The van der Waals surface area contributed by atoms with Gasteiger partial charge in [0, 0.05) is 53.2 Å². The normalized spacial score (nSPS) is 30.8. The summed E-state index contributed by atoms with van der Waals surface area (Å²) < 4.78 is 53.0. The van der Waals surface area contributed by atoms with E-state index in [1.54, 1.807) is 13.8 Å². The summed E-state index contributed by atoms with van der Waals surface area (Å²) in [5, 5.41) is 138. The van der Waals surface area contributed by atoms with E-state index in [9.17, 15) is 65.4 Å². The lowest BCUT2D eigenvalue weighted by Gasteiger charge is -2.48. The van der Waals surface area contributed by atoms with Gasteiger partial charge in [0.25, 0.3) is 0 Å². The highest BCUT2D eigenvalue weighted by Crippen LogP contribution is 2.51. The molecule has 11 bridgehead atoms. The number of phenols is 3. The van der Waals surface area contributed by atoms with Crippen LogP contribution >= 0.6 is 23.2 Å². The molecule has 6 aromatic carbocycles. The number of likely N-dealkylation sites (N-methyl/N-ethyl adjacent to an activating group) is 1. The Morgan fingerprint density at radius 3 is 1.87 bits per heavy atom. The second-order valence-electron chi connectivity index (χ2n) is 33.6. The molecule has 0 spiro atoms. The summed E-state index contributed by atoms with van der Waals surface area (Å²) in [4.78, 5) is 121. The van der Waals surface area contributed by atoms with E-state index in [-0.39, 0.29) is 59.2 Å². The molecule has 3 saturated heterocycles. The molecule has 0 aromatic heterocycles. The minimum atomic E-state index is -2.39. The number of halogens is 2. The number of phenolic OH excluding ortho intramolecular Hbond substituents is 3. The minimum absolute atomic E-state index is 0.114. The van der Waals surface area contributed by atoms with E-state index in [4.69, 9.17) is 72.6 Å². The number of carboxylic acid groups (broad SMARTS) is 1. The van der Waals surface area contributed by atoms with Crippen LogP contribution < -0.4 is 68.2 Å². The Labute approximate surface area is 722 Å². The number of carbonyl (C=O) groups excluding carboxylic acids is 7. The van der Waals surface area contributed by atoms with Crippen LogP contribution in [0.25, 0.3) is 11.1 Å². The van der Waals surface area contributed by atoms with Gasteiger partial charge in [0.05, 0.1) is 53.5 Å². The van der Waals surface area contributed by atoms with Crippen LogP contribution in [0.4, 0.5) is 0 Å². The highest BCUT2D eigenvalue weighted by Gasteiger charge is 2.53. The molecule has 38 heteroatoms. The number of aromatic hydroxyl groups is 3. The average molecular weight is 1760 g/mol. The van der Waals surface area contributed by atoms with Crippen LogP contribution in [0.1, 0.15) is 175 Å². The molecular weight excluding hydrogens is 1660 g/mol. The minimum Gasteiger partial charge on any atom is -0.508 e. The number of nitrogens with one attached hydrogen (secondary N) is 8. The number of aliphatic hydroxyl groups excluding tert-OH is 6. The van der Waals surface area contributed by atoms with Crippen molar-refractivity contribution in [2.75, 3.05) is 13.7 Å². The van der Waals surface area contributed by atoms with Crippen molar-refractivity contribution < 1.29 is 127 Å². The van der Waals surface area contributed by atoms with Gasteiger partial charge in [-0.05, 0) is 154 Å². The molecule has 36 nitrogen and oxygen atoms in total. The highest BCUT2D eigenvalue weighted by molar-refractivity contribution is 6.32. The fourth-order valence-corrected chi connectivity index (χ4v) is 17.5. The zero-order chi connectivity index (χ0) is 89.4. The van der Waals surface area contributed by atoms with Crippen LogP contribution in [0.5, 0.6) is 46.0 Å². The van der Waals surface area contributed by atoms with Gasteiger partial charge in [-0.1, -0.05) is 98.8 Å². The van der Waals surface area contributed by atoms with Crippen molar-refractivity contribution >= 4 is 70.5 Å². The molecule has 22 atom stereocenters. The third-order valence-corrected chi connectivity index (χ3v) is 24.4. The number of benzene rings is 6. The molecule has 0 unspecified atom stereocenters. The van der Waals surface area contributed by atoms with E-state index in [1.165, 1.54) is 63.2 Å². The zero-order valence-electron chi connectivity index (χ0n) is 68.7. The summed E-state index contributed by atoms with van der Waals surface area (Å²) >= 11 is 14.7. The van der Waals surface area contributed by atoms with E-state index in [2.05, 4.69) is 54.7 Å². The van der Waals surface area contributed by atoms with Gasteiger partial charge >= 0.3 is 5.97 Å². The Morgan fingerprint density at radius 2 is 1.25 bits per heavy atom. The summed E-state index contributed by atoms with van der Waals surface area (Å²) in [5.74, 6) is -15.5. The Hall–Kier alpha value is -10.1. The molecule has 1 saturated carbocycles. The molecular formula is C86H104Cl2N10O26. The van der Waals surface area contributed by atoms with Gasteiger partial charge in [-0.2, -0.15) is 0 Å². The average Bonchev–Trinajstić information content (AvgIpc) is 0.769. The topological polar surface area (TPSA) is 561 Å². The summed E-state index contributed by atoms with van der Waals surface area (Å²) in [5.41, 5.74) is 9.23. The van der Waals surface area contributed by atoms with Gasteiger partial charge < -0.3 is 143 Å². The largest absolute Gasteiger partial charge is 0.508 e. The molecule has 4 fully saturated rings. The van der Waals surface area contributed by atoms with Crippen LogP contribution in [0.3, 0.4) is 0 Å². The van der Waals surface area contributed by atoms with Crippen LogP contribution in [-0.2, 0) is 68.6 Å². The van der Waals surface area contributed by atoms with Crippen molar-refractivity contribution in [3.63, 3.8) is 0 Å². The first-order chi connectivity index (χ1) is 58.8. The van der Waals surface area contributed by atoms with Crippen molar-refractivity contribution in [2.24, 2.45) is 17.4 Å². The quantitative estimate of drug-likeness (QED) is 0.0539. The number of carboxylic acids is 1. The lowest BCUT2D eigenvalue weighted by molar-refractivity contribution is -0.334. The first kappa shape index (κ1) is 91.6. The molecule has 9 aliphatic rings. The van der Waals surface area contributed by atoms with Crippen LogP contribution in [0.2, 0.25) is 10.0 Å². The fraction of sp³-hybridized carbons (Fsp3) is 0.488. The van der Waals surface area contributed by atoms with E-state index < -0.39 is 261 Å². The zero-order valence-corrected chi connectivity index (χ0v) is 70.2. The number of aliphatic hydroxyl groups is 6. The second kappa shape index (κ2) is 38.0. The molecule has 1 aliphatic carbocycles. The van der Waals surface area contributed by atoms with E-state index in [0.717, 1.165) is 79.8 Å². The molecule has 668 valence electrons. The fourth-order valence-electron chi connectivity index (χ4n) is 17.0.